The van der Waals surface area contributed by atoms with E-state index >= 15 is 0 Å². The van der Waals surface area contributed by atoms with Crippen LogP contribution in [0.5, 0.6) is 0 Å². The van der Waals surface area contributed by atoms with E-state index in [1.807, 2.05) is 0 Å². The Morgan fingerprint density at radius 1 is 1.60 bits per heavy atom. The Morgan fingerprint density at radius 3 is 2.70 bits per heavy atom. The van der Waals surface area contributed by atoms with Gasteiger partial charge < -0.3 is 0 Å². The maximum Gasteiger partial charge on any atom is 0.0729 e. The fraction of sp³-hybridized carbons (Fsp3) is 0.714. The van der Waals surface area contributed by atoms with E-state index in [1.165, 1.54) is 6.42 Å². The second-order valence-electron chi connectivity index (χ2n) is 2.53. The van der Waals surface area contributed by atoms with Gasteiger partial charge in [0.1, 0.15) is 0 Å². The molecule has 0 aromatic rings. The zero-order chi connectivity index (χ0) is 7.56. The van der Waals surface area contributed by atoms with Crippen molar-refractivity contribution in [2.45, 2.75) is 23.0 Å². The highest BCUT2D eigenvalue weighted by Gasteiger charge is 2.19. The van der Waals surface area contributed by atoms with Gasteiger partial charge in [0.05, 0.1) is 3.74 Å². The number of allylic oxidation sites excluding steroid dienone is 2. The Kier molecular flexibility index (Phi) is 3.75. The molecule has 1 aliphatic carbocycles. The molecular weight excluding hydrogens is 279 g/mol. The molecule has 0 aliphatic heterocycles. The lowest BCUT2D eigenvalue weighted by Gasteiger charge is -2.20. The second-order valence-corrected chi connectivity index (χ2v) is 6.21. The molecule has 0 heterocycles. The number of alkyl halides is 2. The zero-order valence-electron chi connectivity index (χ0n) is 5.49. The van der Waals surface area contributed by atoms with E-state index in [4.69, 9.17) is 11.6 Å². The quantitative estimate of drug-likeness (QED) is 0.639. The summed E-state index contributed by atoms with van der Waals surface area (Å²) in [4.78, 5) is 0. The lowest BCUT2D eigenvalue weighted by molar-refractivity contribution is 0.520. The molecule has 0 saturated heterocycles. The van der Waals surface area contributed by atoms with E-state index in [0.29, 0.717) is 9.65 Å². The number of hydrogen-bond acceptors (Lipinski definition) is 0. The van der Waals surface area contributed by atoms with Crippen LogP contribution in [0.2, 0.25) is 0 Å². The Hall–Kier alpha value is 0.990. The Morgan fingerprint density at radius 2 is 2.30 bits per heavy atom. The maximum absolute atomic E-state index is 5.87. The van der Waals surface area contributed by atoms with Crippen molar-refractivity contribution in [1.82, 2.24) is 0 Å². The SMILES string of the molecule is ClC1=CCCC(C(Br)Br)C1. The van der Waals surface area contributed by atoms with Gasteiger partial charge in [-0.2, -0.15) is 0 Å². The molecule has 58 valence electrons. The van der Waals surface area contributed by atoms with Crippen molar-refractivity contribution in [2.24, 2.45) is 5.92 Å². The van der Waals surface area contributed by atoms with Crippen LogP contribution in [0.15, 0.2) is 11.1 Å². The maximum atomic E-state index is 5.87. The predicted molar refractivity (Wildman–Crippen MR) is 52.9 cm³/mol. The Labute approximate surface area is 83.3 Å². The van der Waals surface area contributed by atoms with Crippen LogP contribution in [0.3, 0.4) is 0 Å². The molecule has 0 bridgehead atoms. The van der Waals surface area contributed by atoms with Crippen molar-refractivity contribution >= 4 is 43.5 Å². The molecule has 0 spiro atoms. The average Bonchev–Trinajstić information content (AvgIpc) is 1.88. The molecule has 0 aromatic heterocycles. The van der Waals surface area contributed by atoms with Gasteiger partial charge in [-0.15, -0.1) is 0 Å². The van der Waals surface area contributed by atoms with Gasteiger partial charge >= 0.3 is 0 Å². The predicted octanol–water partition coefficient (Wildman–Crippen LogP) is 4.03. The highest BCUT2D eigenvalue weighted by molar-refractivity contribution is 9.24. The van der Waals surface area contributed by atoms with Crippen LogP contribution in [0.25, 0.3) is 0 Å². The molecule has 0 saturated carbocycles. The van der Waals surface area contributed by atoms with E-state index in [-0.39, 0.29) is 0 Å². The molecule has 0 N–H and O–H groups in total. The average molecular weight is 288 g/mol. The fourth-order valence-electron chi connectivity index (χ4n) is 1.10. The van der Waals surface area contributed by atoms with Crippen molar-refractivity contribution in [3.63, 3.8) is 0 Å². The fourth-order valence-corrected chi connectivity index (χ4v) is 2.31. The van der Waals surface area contributed by atoms with Gasteiger partial charge in [0.2, 0.25) is 0 Å². The molecule has 0 aromatic carbocycles. The minimum Gasteiger partial charge on any atom is -0.0895 e. The third-order valence-corrected chi connectivity index (χ3v) is 3.52. The normalized spacial score (nSPS) is 26.8. The third kappa shape index (κ3) is 2.55. The standard InChI is InChI=1S/C7H9Br2Cl/c8-7(9)5-2-1-3-6(10)4-5/h3,5,7H,1-2,4H2. The van der Waals surface area contributed by atoms with Crippen molar-refractivity contribution in [3.8, 4) is 0 Å². The van der Waals surface area contributed by atoms with Gasteiger partial charge in [0, 0.05) is 5.03 Å². The summed E-state index contributed by atoms with van der Waals surface area (Å²) < 4.78 is 0.419. The largest absolute Gasteiger partial charge is 0.0895 e. The smallest absolute Gasteiger partial charge is 0.0729 e. The molecule has 3 heteroatoms. The highest BCUT2D eigenvalue weighted by atomic mass is 79.9. The highest BCUT2D eigenvalue weighted by Crippen LogP contribution is 2.34. The summed E-state index contributed by atoms with van der Waals surface area (Å²) in [6, 6.07) is 0. The molecule has 0 nitrogen and oxygen atoms in total. The summed E-state index contributed by atoms with van der Waals surface area (Å²) in [6.45, 7) is 0. The van der Waals surface area contributed by atoms with E-state index in [2.05, 4.69) is 37.9 Å². The van der Waals surface area contributed by atoms with Gasteiger partial charge in [-0.05, 0) is 25.2 Å². The first-order valence-corrected chi connectivity index (χ1v) is 5.54. The van der Waals surface area contributed by atoms with Crippen LogP contribution < -0.4 is 0 Å². The Bertz CT molecular complexity index is 143. The molecule has 1 unspecified atom stereocenters. The van der Waals surface area contributed by atoms with Crippen molar-refractivity contribution in [3.05, 3.63) is 11.1 Å². The minimum absolute atomic E-state index is 0.419. The summed E-state index contributed by atoms with van der Waals surface area (Å²) in [5.74, 6) is 0.664. The van der Waals surface area contributed by atoms with E-state index in [9.17, 15) is 0 Å². The minimum atomic E-state index is 0.419. The summed E-state index contributed by atoms with van der Waals surface area (Å²) in [5.41, 5.74) is 0. The molecule has 0 amide bonds. The van der Waals surface area contributed by atoms with Crippen LogP contribution in [-0.2, 0) is 0 Å². The molecule has 1 rings (SSSR count). The van der Waals surface area contributed by atoms with Crippen LogP contribution >= 0.6 is 43.5 Å². The number of rotatable bonds is 1. The van der Waals surface area contributed by atoms with Crippen LogP contribution in [-0.4, -0.2) is 3.74 Å². The summed E-state index contributed by atoms with van der Waals surface area (Å²) in [6.07, 6.45) is 5.48. The summed E-state index contributed by atoms with van der Waals surface area (Å²) in [7, 11) is 0. The molecule has 0 radical (unpaired) electrons. The van der Waals surface area contributed by atoms with E-state index in [1.54, 1.807) is 0 Å². The van der Waals surface area contributed by atoms with Crippen LogP contribution in [0.4, 0.5) is 0 Å². The second kappa shape index (κ2) is 4.13. The van der Waals surface area contributed by atoms with Crippen LogP contribution in [0.1, 0.15) is 19.3 Å². The zero-order valence-corrected chi connectivity index (χ0v) is 9.42. The van der Waals surface area contributed by atoms with Gasteiger partial charge in [-0.3, -0.25) is 0 Å². The van der Waals surface area contributed by atoms with Crippen molar-refractivity contribution in [1.29, 1.82) is 0 Å². The summed E-state index contributed by atoms with van der Waals surface area (Å²) >= 11 is 12.9. The number of halogens is 3. The van der Waals surface area contributed by atoms with Crippen molar-refractivity contribution < 1.29 is 0 Å². The lowest BCUT2D eigenvalue weighted by Crippen LogP contribution is -2.11. The first kappa shape index (κ1) is 9.08. The lowest BCUT2D eigenvalue weighted by atomic mass is 9.96. The van der Waals surface area contributed by atoms with Gasteiger partial charge in [0.15, 0.2) is 0 Å². The Balaban J connectivity index is 2.45. The molecular formula is C7H9Br2Cl. The third-order valence-electron chi connectivity index (χ3n) is 1.72. The first-order chi connectivity index (χ1) is 4.70. The topological polar surface area (TPSA) is 0 Å². The molecule has 1 aliphatic rings. The monoisotopic (exact) mass is 286 g/mol. The molecule has 1 atom stereocenters. The van der Waals surface area contributed by atoms with Crippen molar-refractivity contribution in [2.75, 3.05) is 0 Å². The molecule has 10 heavy (non-hydrogen) atoms. The number of hydrogen-bond donors (Lipinski definition) is 0. The molecule has 0 fully saturated rings. The first-order valence-electron chi connectivity index (χ1n) is 3.33. The van der Waals surface area contributed by atoms with Gasteiger partial charge in [-0.25, -0.2) is 0 Å². The van der Waals surface area contributed by atoms with E-state index < -0.39 is 0 Å². The van der Waals surface area contributed by atoms with Gasteiger partial charge in [0.25, 0.3) is 0 Å². The van der Waals surface area contributed by atoms with Crippen LogP contribution in [0, 0.1) is 5.92 Å². The van der Waals surface area contributed by atoms with Gasteiger partial charge in [-0.1, -0.05) is 49.5 Å². The van der Waals surface area contributed by atoms with E-state index in [0.717, 1.165) is 17.9 Å². The summed E-state index contributed by atoms with van der Waals surface area (Å²) in [5, 5.41) is 1.01.